The minimum atomic E-state index is -1.62. The summed E-state index contributed by atoms with van der Waals surface area (Å²) in [6, 6.07) is -1.00. The fraction of sp³-hybridized carbons (Fsp3) is 0.899. The molecule has 1 aliphatic rings. The summed E-state index contributed by atoms with van der Waals surface area (Å²) in [4.78, 5) is 13.2. The third-order valence-corrected chi connectivity index (χ3v) is 16.6. The number of hydrogen-bond donors (Lipinski definition) is 7. The zero-order chi connectivity index (χ0) is 57.3. The number of carbonyl (C=O) groups is 1. The monoisotopic (exact) mass is 1120 g/mol. The van der Waals surface area contributed by atoms with Crippen molar-refractivity contribution in [2.75, 3.05) is 13.2 Å². The molecule has 0 aliphatic carbocycles. The first kappa shape index (κ1) is 75.4. The molecule has 8 atom stereocenters. The lowest BCUT2D eigenvalue weighted by Crippen LogP contribution is -2.60. The molecule has 1 amide bonds. The molecule has 0 aromatic heterocycles. The zero-order valence-electron chi connectivity index (χ0n) is 51.8. The second kappa shape index (κ2) is 58.2. The van der Waals surface area contributed by atoms with Crippen molar-refractivity contribution in [2.45, 2.75) is 384 Å². The van der Waals surface area contributed by atoms with Crippen LogP contribution in [0, 0.1) is 0 Å². The van der Waals surface area contributed by atoms with Crippen LogP contribution in [-0.2, 0) is 14.3 Å². The fourth-order valence-corrected chi connectivity index (χ4v) is 11.1. The standard InChI is InChI=1S/C69H131NO9/c1-3-5-7-9-11-13-15-17-19-21-22-23-24-25-26-27-28-29-30-31-32-33-34-35-36-37-38-39-40-41-42-44-46-48-50-52-54-56-58-63(73)68(77)70-61(60-78-69-67(76)66(75)65(74)64(59-71)79-69)62(72)57-55-53-51-49-47-45-43-20-18-16-14-12-10-8-6-4-2/h18,20,47,49,55,57,61-67,69,71-76H,3-17,19,21-46,48,50-54,56,58-60H2,1-2H3,(H,70,77)/b20-18+,49-47+,57-55+. The number of rotatable bonds is 60. The summed E-state index contributed by atoms with van der Waals surface area (Å²) in [5.74, 6) is -0.625. The number of carbonyl (C=O) groups excluding carboxylic acids is 1. The van der Waals surface area contributed by atoms with Crippen LogP contribution < -0.4 is 5.32 Å². The zero-order valence-corrected chi connectivity index (χ0v) is 51.8. The van der Waals surface area contributed by atoms with Crippen molar-refractivity contribution in [1.82, 2.24) is 5.32 Å². The molecule has 1 fully saturated rings. The highest BCUT2D eigenvalue weighted by Crippen LogP contribution is 2.23. The lowest BCUT2D eigenvalue weighted by molar-refractivity contribution is -0.302. The van der Waals surface area contributed by atoms with E-state index in [1.807, 2.05) is 6.08 Å². The molecule has 466 valence electrons. The molecular weight excluding hydrogens is 987 g/mol. The van der Waals surface area contributed by atoms with Gasteiger partial charge in [-0.2, -0.15) is 0 Å². The Balaban J connectivity index is 2.08. The van der Waals surface area contributed by atoms with Gasteiger partial charge in [0.2, 0.25) is 5.91 Å². The third-order valence-electron chi connectivity index (χ3n) is 16.6. The molecule has 1 aliphatic heterocycles. The molecule has 7 N–H and O–H groups in total. The number of ether oxygens (including phenoxy) is 2. The van der Waals surface area contributed by atoms with Crippen LogP contribution in [0.4, 0.5) is 0 Å². The maximum Gasteiger partial charge on any atom is 0.249 e. The number of aliphatic hydroxyl groups is 6. The van der Waals surface area contributed by atoms with Gasteiger partial charge in [0.05, 0.1) is 25.4 Å². The molecule has 1 heterocycles. The van der Waals surface area contributed by atoms with Crippen LogP contribution in [0.3, 0.4) is 0 Å². The van der Waals surface area contributed by atoms with Crippen molar-refractivity contribution in [3.8, 4) is 0 Å². The van der Waals surface area contributed by atoms with Gasteiger partial charge in [-0.15, -0.1) is 0 Å². The highest BCUT2D eigenvalue weighted by atomic mass is 16.7. The molecule has 79 heavy (non-hydrogen) atoms. The number of hydrogen-bond acceptors (Lipinski definition) is 9. The summed E-state index contributed by atoms with van der Waals surface area (Å²) < 4.78 is 11.2. The summed E-state index contributed by atoms with van der Waals surface area (Å²) in [6.07, 6.45) is 67.4. The van der Waals surface area contributed by atoms with Crippen LogP contribution in [0.1, 0.15) is 335 Å². The minimum Gasteiger partial charge on any atom is -0.394 e. The van der Waals surface area contributed by atoms with Gasteiger partial charge in [0.25, 0.3) is 0 Å². The van der Waals surface area contributed by atoms with Crippen molar-refractivity contribution in [3.63, 3.8) is 0 Å². The van der Waals surface area contributed by atoms with Crippen LogP contribution in [0.2, 0.25) is 0 Å². The molecular formula is C69H131NO9. The maximum absolute atomic E-state index is 13.2. The SMILES string of the molecule is CCCCCCCC/C=C/CC/C=C/CC/C=C/C(O)C(COC1OC(CO)C(O)C(O)C1O)NC(=O)C(O)CCCCCCCCCCCCCCCCCCCCCCCCCCCCCCCCCCCCCCCC. The van der Waals surface area contributed by atoms with E-state index >= 15 is 0 Å². The fourth-order valence-electron chi connectivity index (χ4n) is 11.1. The van der Waals surface area contributed by atoms with E-state index in [1.54, 1.807) is 6.08 Å². The highest BCUT2D eigenvalue weighted by molar-refractivity contribution is 5.80. The van der Waals surface area contributed by atoms with Gasteiger partial charge in [-0.05, 0) is 44.9 Å². The summed E-state index contributed by atoms with van der Waals surface area (Å²) >= 11 is 0. The number of allylic oxidation sites excluding steroid dienone is 5. The number of nitrogens with one attached hydrogen (secondary N) is 1. The van der Waals surface area contributed by atoms with E-state index in [1.165, 1.54) is 257 Å². The Morgan fingerprint density at radius 2 is 0.747 bits per heavy atom. The summed E-state index contributed by atoms with van der Waals surface area (Å²) in [6.45, 7) is 3.62. The third kappa shape index (κ3) is 46.4. The predicted octanol–water partition coefficient (Wildman–Crippen LogP) is 17.2. The van der Waals surface area contributed by atoms with E-state index in [0.717, 1.165) is 44.9 Å². The maximum atomic E-state index is 13.2. The van der Waals surface area contributed by atoms with E-state index in [0.29, 0.717) is 19.3 Å². The quantitative estimate of drug-likeness (QED) is 0.0232. The summed E-state index contributed by atoms with van der Waals surface area (Å²) in [5, 5.41) is 65.1. The number of unbranched alkanes of at least 4 members (excludes halogenated alkanes) is 45. The van der Waals surface area contributed by atoms with Gasteiger partial charge < -0.3 is 45.4 Å². The van der Waals surface area contributed by atoms with E-state index in [2.05, 4.69) is 43.5 Å². The van der Waals surface area contributed by atoms with Gasteiger partial charge in [-0.1, -0.05) is 326 Å². The van der Waals surface area contributed by atoms with E-state index < -0.39 is 61.5 Å². The Bertz CT molecular complexity index is 1360. The Kier molecular flexibility index (Phi) is 55.5. The molecule has 8 unspecified atom stereocenters. The van der Waals surface area contributed by atoms with Crippen molar-refractivity contribution < 1.29 is 44.9 Å². The van der Waals surface area contributed by atoms with Gasteiger partial charge in [-0.25, -0.2) is 0 Å². The molecule has 0 bridgehead atoms. The van der Waals surface area contributed by atoms with Crippen LogP contribution in [0.5, 0.6) is 0 Å². The van der Waals surface area contributed by atoms with Crippen molar-refractivity contribution in [2.24, 2.45) is 0 Å². The van der Waals surface area contributed by atoms with Crippen molar-refractivity contribution in [1.29, 1.82) is 0 Å². The first-order chi connectivity index (χ1) is 38.8. The minimum absolute atomic E-state index is 0.305. The Morgan fingerprint density at radius 1 is 0.430 bits per heavy atom. The molecule has 0 aromatic rings. The van der Waals surface area contributed by atoms with E-state index in [4.69, 9.17) is 9.47 Å². The molecule has 0 radical (unpaired) electrons. The Labute approximate surface area is 487 Å². The van der Waals surface area contributed by atoms with Gasteiger partial charge in [0.1, 0.15) is 30.5 Å². The number of amides is 1. The van der Waals surface area contributed by atoms with E-state index in [-0.39, 0.29) is 6.61 Å². The summed E-state index contributed by atoms with van der Waals surface area (Å²) in [7, 11) is 0. The number of aliphatic hydroxyl groups excluding tert-OH is 6. The molecule has 0 saturated carbocycles. The molecule has 0 spiro atoms. The largest absolute Gasteiger partial charge is 0.394 e. The van der Waals surface area contributed by atoms with E-state index in [9.17, 15) is 35.4 Å². The second-order valence-electron chi connectivity index (χ2n) is 24.1. The second-order valence-corrected chi connectivity index (χ2v) is 24.1. The van der Waals surface area contributed by atoms with Crippen LogP contribution in [0.25, 0.3) is 0 Å². The average Bonchev–Trinajstić information content (AvgIpc) is 3.45. The van der Waals surface area contributed by atoms with Crippen LogP contribution in [-0.4, -0.2) is 98.7 Å². The van der Waals surface area contributed by atoms with Crippen LogP contribution in [0.15, 0.2) is 36.5 Å². The topological polar surface area (TPSA) is 169 Å². The first-order valence-corrected chi connectivity index (χ1v) is 34.3. The lowest BCUT2D eigenvalue weighted by Gasteiger charge is -2.40. The van der Waals surface area contributed by atoms with Gasteiger partial charge >= 0.3 is 0 Å². The predicted molar refractivity (Wildman–Crippen MR) is 333 cm³/mol. The van der Waals surface area contributed by atoms with Crippen molar-refractivity contribution in [3.05, 3.63) is 36.5 Å². The first-order valence-electron chi connectivity index (χ1n) is 34.3. The average molecular weight is 1120 g/mol. The Morgan fingerprint density at radius 3 is 1.10 bits per heavy atom. The highest BCUT2D eigenvalue weighted by Gasteiger charge is 2.44. The molecule has 10 heteroatoms. The van der Waals surface area contributed by atoms with Gasteiger partial charge in [-0.3, -0.25) is 4.79 Å². The molecule has 0 aromatic carbocycles. The smallest absolute Gasteiger partial charge is 0.249 e. The van der Waals surface area contributed by atoms with Gasteiger partial charge in [0, 0.05) is 0 Å². The molecule has 1 rings (SSSR count). The Hall–Kier alpha value is -1.63. The van der Waals surface area contributed by atoms with Gasteiger partial charge in [0.15, 0.2) is 6.29 Å². The lowest BCUT2D eigenvalue weighted by atomic mass is 9.99. The summed E-state index contributed by atoms with van der Waals surface area (Å²) in [5.41, 5.74) is 0. The van der Waals surface area contributed by atoms with Crippen molar-refractivity contribution >= 4 is 5.91 Å². The molecule has 10 nitrogen and oxygen atoms in total. The normalized spacial score (nSPS) is 19.1. The molecule has 1 saturated heterocycles. The van der Waals surface area contributed by atoms with Crippen LogP contribution >= 0.6 is 0 Å².